The van der Waals surface area contributed by atoms with Crippen molar-refractivity contribution in [1.82, 2.24) is 10.6 Å². The molecule has 0 saturated heterocycles. The molecule has 0 heterocycles. The van der Waals surface area contributed by atoms with Gasteiger partial charge in [0.15, 0.2) is 0 Å². The lowest BCUT2D eigenvalue weighted by Crippen LogP contribution is -2.18. The predicted molar refractivity (Wildman–Crippen MR) is 105 cm³/mol. The van der Waals surface area contributed by atoms with Crippen LogP contribution in [0.3, 0.4) is 0 Å². The Morgan fingerprint density at radius 1 is 1.26 bits per heavy atom. The van der Waals surface area contributed by atoms with Crippen molar-refractivity contribution in [3.8, 4) is 0 Å². The number of allylic oxidation sites excluding steroid dienone is 4. The summed E-state index contributed by atoms with van der Waals surface area (Å²) in [6.07, 6.45) is 6.40. The molecule has 0 aromatic heterocycles. The minimum atomic E-state index is 0.377. The molecule has 0 radical (unpaired) electrons. The first-order chi connectivity index (χ1) is 10.8. The van der Waals surface area contributed by atoms with Crippen molar-refractivity contribution >= 4 is 5.71 Å². The van der Waals surface area contributed by atoms with Crippen molar-refractivity contribution in [2.24, 2.45) is 10.9 Å². The maximum absolute atomic E-state index is 4.30. The average molecular weight is 316 g/mol. The highest BCUT2D eigenvalue weighted by Gasteiger charge is 2.07. The van der Waals surface area contributed by atoms with Gasteiger partial charge in [0.25, 0.3) is 0 Å². The summed E-state index contributed by atoms with van der Waals surface area (Å²) in [5.41, 5.74) is 5.27. The van der Waals surface area contributed by atoms with Crippen LogP contribution in [0.25, 0.3) is 0 Å². The van der Waals surface area contributed by atoms with Crippen LogP contribution in [0, 0.1) is 5.92 Å². The van der Waals surface area contributed by atoms with Crippen LogP contribution < -0.4 is 10.6 Å². The first-order valence-electron chi connectivity index (χ1n) is 8.14. The van der Waals surface area contributed by atoms with Crippen LogP contribution in [0.5, 0.6) is 0 Å². The maximum Gasteiger partial charge on any atom is 0.0484 e. The first kappa shape index (κ1) is 21.0. The third kappa shape index (κ3) is 9.56. The van der Waals surface area contributed by atoms with Gasteiger partial charge in [-0.1, -0.05) is 51.8 Å². The fourth-order valence-corrected chi connectivity index (χ4v) is 2.07. The van der Waals surface area contributed by atoms with Gasteiger partial charge in [0, 0.05) is 43.3 Å². The van der Waals surface area contributed by atoms with Gasteiger partial charge in [-0.15, -0.1) is 0 Å². The zero-order valence-electron chi connectivity index (χ0n) is 15.3. The molecular formula is C20H33N3. The molecule has 3 heteroatoms. The zero-order chi connectivity index (χ0) is 17.8. The van der Waals surface area contributed by atoms with Crippen molar-refractivity contribution in [1.29, 1.82) is 0 Å². The van der Waals surface area contributed by atoms with E-state index < -0.39 is 0 Å². The van der Waals surface area contributed by atoms with Crippen LogP contribution in [-0.4, -0.2) is 19.3 Å². The molecule has 0 spiro atoms. The quantitative estimate of drug-likeness (QED) is 0.403. The standard InChI is InChI=1S/C20H33N3/c1-9-16(5)14-23-18(7)11-17(6)12-19(21-8)13-20(15(3)4)22-10-2/h10,12,17,21,23H,2-3,5,7,9,11,13-14H2,1,4,6,8H3. The molecule has 0 bridgehead atoms. The minimum Gasteiger partial charge on any atom is -0.391 e. The second-order valence-corrected chi connectivity index (χ2v) is 5.90. The fraction of sp³-hybridized carbons (Fsp3) is 0.450. The summed E-state index contributed by atoms with van der Waals surface area (Å²) in [4.78, 5) is 4.30. The lowest BCUT2D eigenvalue weighted by Gasteiger charge is -2.16. The Labute approximate surface area is 142 Å². The number of hydrogen-bond donors (Lipinski definition) is 2. The van der Waals surface area contributed by atoms with E-state index in [-0.39, 0.29) is 0 Å². The molecular weight excluding hydrogens is 282 g/mol. The fourth-order valence-electron chi connectivity index (χ4n) is 2.07. The van der Waals surface area contributed by atoms with Gasteiger partial charge in [-0.2, -0.15) is 0 Å². The first-order valence-corrected chi connectivity index (χ1v) is 8.14. The van der Waals surface area contributed by atoms with Crippen molar-refractivity contribution in [3.63, 3.8) is 0 Å². The van der Waals surface area contributed by atoms with Crippen molar-refractivity contribution in [2.45, 2.75) is 40.0 Å². The molecule has 0 aromatic rings. The van der Waals surface area contributed by atoms with Crippen LogP contribution in [-0.2, 0) is 0 Å². The second kappa shape index (κ2) is 11.5. The molecule has 0 saturated carbocycles. The SMILES string of the molecule is C=CN=C(CC(=CC(C)CC(=C)NCC(=C)CC)NC)C(=C)C. The van der Waals surface area contributed by atoms with Crippen molar-refractivity contribution in [2.75, 3.05) is 13.6 Å². The van der Waals surface area contributed by atoms with Gasteiger partial charge in [0.1, 0.15) is 0 Å². The lowest BCUT2D eigenvalue weighted by atomic mass is 10.0. The summed E-state index contributed by atoms with van der Waals surface area (Å²) in [6.45, 7) is 22.8. The van der Waals surface area contributed by atoms with Gasteiger partial charge < -0.3 is 10.6 Å². The number of rotatable bonds is 12. The van der Waals surface area contributed by atoms with E-state index in [9.17, 15) is 0 Å². The Kier molecular flexibility index (Phi) is 10.5. The van der Waals surface area contributed by atoms with Crippen molar-refractivity contribution in [3.05, 3.63) is 61.1 Å². The molecule has 0 aromatic carbocycles. The summed E-state index contributed by atoms with van der Waals surface area (Å²) < 4.78 is 0. The molecule has 0 amide bonds. The van der Waals surface area contributed by atoms with Gasteiger partial charge in [-0.25, -0.2) is 0 Å². The van der Waals surface area contributed by atoms with E-state index in [2.05, 4.69) is 61.9 Å². The van der Waals surface area contributed by atoms with Gasteiger partial charge in [-0.05, 0) is 31.3 Å². The Bertz CT molecular complexity index is 495. The van der Waals surface area contributed by atoms with Crippen LogP contribution in [0.1, 0.15) is 40.0 Å². The Morgan fingerprint density at radius 3 is 2.39 bits per heavy atom. The molecule has 1 atom stereocenters. The summed E-state index contributed by atoms with van der Waals surface area (Å²) in [6, 6.07) is 0. The normalized spacial score (nSPS) is 13.2. The highest BCUT2D eigenvalue weighted by atomic mass is 14.9. The molecule has 2 N–H and O–H groups in total. The molecule has 0 fully saturated rings. The summed E-state index contributed by atoms with van der Waals surface area (Å²) in [7, 11) is 1.93. The number of nitrogens with one attached hydrogen (secondary N) is 2. The smallest absolute Gasteiger partial charge is 0.0484 e. The zero-order valence-corrected chi connectivity index (χ0v) is 15.3. The third-order valence-electron chi connectivity index (χ3n) is 3.56. The van der Waals surface area contributed by atoms with E-state index in [4.69, 9.17) is 0 Å². The van der Waals surface area contributed by atoms with Gasteiger partial charge in [0.05, 0.1) is 0 Å². The molecule has 3 nitrogen and oxygen atoms in total. The number of aliphatic imine (C=N–C) groups is 1. The third-order valence-corrected chi connectivity index (χ3v) is 3.56. The Hall–Kier alpha value is -2.03. The number of hydrogen-bond acceptors (Lipinski definition) is 3. The van der Waals surface area contributed by atoms with E-state index in [0.717, 1.165) is 48.5 Å². The van der Waals surface area contributed by atoms with Gasteiger partial charge in [-0.3, -0.25) is 4.99 Å². The van der Waals surface area contributed by atoms with E-state index in [1.165, 1.54) is 5.57 Å². The minimum absolute atomic E-state index is 0.377. The number of nitrogens with zero attached hydrogens (tertiary/aromatic N) is 1. The topological polar surface area (TPSA) is 36.4 Å². The van der Waals surface area contributed by atoms with E-state index in [1.807, 2.05) is 14.0 Å². The molecule has 1 unspecified atom stereocenters. The summed E-state index contributed by atoms with van der Waals surface area (Å²) >= 11 is 0. The monoisotopic (exact) mass is 315 g/mol. The van der Waals surface area contributed by atoms with E-state index in [1.54, 1.807) is 6.20 Å². The maximum atomic E-state index is 4.30. The molecule has 0 rings (SSSR count). The Balaban J connectivity index is 4.68. The predicted octanol–water partition coefficient (Wildman–Crippen LogP) is 4.74. The van der Waals surface area contributed by atoms with Crippen LogP contribution in [0.4, 0.5) is 0 Å². The molecule has 0 aliphatic heterocycles. The van der Waals surface area contributed by atoms with Gasteiger partial charge in [0.2, 0.25) is 0 Å². The van der Waals surface area contributed by atoms with E-state index >= 15 is 0 Å². The van der Waals surface area contributed by atoms with Crippen LogP contribution in [0.2, 0.25) is 0 Å². The van der Waals surface area contributed by atoms with Crippen LogP contribution in [0.15, 0.2) is 66.1 Å². The molecule has 23 heavy (non-hydrogen) atoms. The molecule has 0 aliphatic carbocycles. The summed E-state index contributed by atoms with van der Waals surface area (Å²) in [5, 5.41) is 6.59. The summed E-state index contributed by atoms with van der Waals surface area (Å²) in [5.74, 6) is 0.377. The van der Waals surface area contributed by atoms with Gasteiger partial charge >= 0.3 is 0 Å². The largest absolute Gasteiger partial charge is 0.391 e. The lowest BCUT2D eigenvalue weighted by molar-refractivity contribution is 0.656. The van der Waals surface area contributed by atoms with Crippen molar-refractivity contribution < 1.29 is 0 Å². The highest BCUT2D eigenvalue weighted by molar-refractivity contribution is 6.00. The van der Waals surface area contributed by atoms with Crippen LogP contribution >= 0.6 is 0 Å². The average Bonchev–Trinajstić information content (AvgIpc) is 2.50. The molecule has 0 aliphatic rings. The second-order valence-electron chi connectivity index (χ2n) is 5.90. The Morgan fingerprint density at radius 2 is 1.91 bits per heavy atom. The van der Waals surface area contributed by atoms with E-state index in [0.29, 0.717) is 5.92 Å². The highest BCUT2D eigenvalue weighted by Crippen LogP contribution is 2.14. The molecule has 128 valence electrons.